The van der Waals surface area contributed by atoms with Gasteiger partial charge in [0.1, 0.15) is 11.6 Å². The van der Waals surface area contributed by atoms with Gasteiger partial charge >= 0.3 is 0 Å². The lowest BCUT2D eigenvalue weighted by molar-refractivity contribution is 0.0547. The number of aromatic hydroxyl groups is 1. The van der Waals surface area contributed by atoms with Crippen LogP contribution in [0.15, 0.2) is 30.5 Å². The molecule has 2 N–H and O–H groups in total. The lowest BCUT2D eigenvalue weighted by Crippen LogP contribution is -2.57. The predicted molar refractivity (Wildman–Crippen MR) is 109 cm³/mol. The van der Waals surface area contributed by atoms with Crippen molar-refractivity contribution in [3.05, 3.63) is 47.4 Å². The Morgan fingerprint density at radius 1 is 1.25 bits per heavy atom. The van der Waals surface area contributed by atoms with E-state index in [0.717, 1.165) is 29.2 Å². The van der Waals surface area contributed by atoms with E-state index in [-0.39, 0.29) is 23.7 Å². The van der Waals surface area contributed by atoms with Gasteiger partial charge in [0.05, 0.1) is 10.3 Å². The molecular formula is C21H22FN3O2S. The number of phenols is 1. The molecule has 0 aliphatic carbocycles. The number of phenolic OH excluding ortho intramolecular Hbond substituents is 1. The van der Waals surface area contributed by atoms with Crippen molar-refractivity contribution in [3.63, 3.8) is 0 Å². The summed E-state index contributed by atoms with van der Waals surface area (Å²) >= 11 is 1.28. The molecule has 2 heterocycles. The average Bonchev–Trinajstić information content (AvgIpc) is 3.08. The van der Waals surface area contributed by atoms with Crippen molar-refractivity contribution < 1.29 is 14.3 Å². The smallest absolute Gasteiger partial charge is 0.255 e. The number of hydrogen-bond donors (Lipinski definition) is 2. The number of nitrogens with zero attached hydrogens (tertiary/aromatic N) is 2. The average molecular weight is 399 g/mol. The van der Waals surface area contributed by atoms with E-state index in [1.54, 1.807) is 19.2 Å². The van der Waals surface area contributed by atoms with E-state index < -0.39 is 5.82 Å². The monoisotopic (exact) mass is 399 g/mol. The minimum Gasteiger partial charge on any atom is -0.508 e. The number of fused-ring (bicyclic) bond motifs is 1. The lowest BCUT2D eigenvalue weighted by atomic mass is 9.95. The van der Waals surface area contributed by atoms with Gasteiger partial charge in [-0.1, -0.05) is 0 Å². The molecule has 0 bridgehead atoms. The fraction of sp³-hybridized carbons (Fsp3) is 0.333. The van der Waals surface area contributed by atoms with E-state index in [1.807, 2.05) is 24.8 Å². The molecule has 1 aromatic heterocycles. The number of rotatable bonds is 2. The molecule has 28 heavy (non-hydrogen) atoms. The Morgan fingerprint density at radius 3 is 2.64 bits per heavy atom. The molecule has 1 fully saturated rings. The standard InChI is InChI=1S/C21H22FN3O2S/c1-11-4-16(26)7-18(22)19(11)14-5-15-10-24-28-20(15)17(6-14)21(27)25-12(2)8-23-9-13(25)3/h4-7,10,12-13,23,26H,8-9H2,1-3H3/t12-,13+. The Hall–Kier alpha value is -2.51. The normalized spacial score (nSPS) is 19.9. The summed E-state index contributed by atoms with van der Waals surface area (Å²) in [5, 5.41) is 13.8. The fourth-order valence-corrected chi connectivity index (χ4v) is 4.78. The quantitative estimate of drug-likeness (QED) is 0.685. The van der Waals surface area contributed by atoms with E-state index in [2.05, 4.69) is 9.69 Å². The van der Waals surface area contributed by atoms with E-state index >= 15 is 0 Å². The molecule has 1 saturated heterocycles. The molecule has 1 aliphatic heterocycles. The fourth-order valence-electron chi connectivity index (χ4n) is 4.05. The molecule has 0 unspecified atom stereocenters. The number of carbonyl (C=O) groups is 1. The highest BCUT2D eigenvalue weighted by Crippen LogP contribution is 2.35. The topological polar surface area (TPSA) is 65.5 Å². The van der Waals surface area contributed by atoms with Crippen LogP contribution in [0, 0.1) is 12.7 Å². The number of carbonyl (C=O) groups excluding carboxylic acids is 1. The molecule has 3 aromatic rings. The number of piperazine rings is 1. The summed E-state index contributed by atoms with van der Waals surface area (Å²) in [7, 11) is 0. The van der Waals surface area contributed by atoms with Gasteiger partial charge in [-0.25, -0.2) is 4.39 Å². The summed E-state index contributed by atoms with van der Waals surface area (Å²) in [5.41, 5.74) is 2.16. The van der Waals surface area contributed by atoms with Crippen molar-refractivity contribution in [2.75, 3.05) is 13.1 Å². The molecule has 146 valence electrons. The first-order chi connectivity index (χ1) is 13.4. The van der Waals surface area contributed by atoms with Gasteiger partial charge in [0.15, 0.2) is 0 Å². The van der Waals surface area contributed by atoms with Gasteiger partial charge < -0.3 is 15.3 Å². The van der Waals surface area contributed by atoms with E-state index in [0.29, 0.717) is 22.3 Å². The van der Waals surface area contributed by atoms with Crippen molar-refractivity contribution in [3.8, 4) is 16.9 Å². The summed E-state index contributed by atoms with van der Waals surface area (Å²) in [4.78, 5) is 15.4. The third kappa shape index (κ3) is 3.14. The van der Waals surface area contributed by atoms with Gasteiger partial charge in [-0.2, -0.15) is 4.37 Å². The molecule has 2 aromatic carbocycles. The van der Waals surface area contributed by atoms with E-state index in [1.165, 1.54) is 17.6 Å². The number of aryl methyl sites for hydroxylation is 1. The first-order valence-corrected chi connectivity index (χ1v) is 10.1. The van der Waals surface area contributed by atoms with Crippen LogP contribution < -0.4 is 5.32 Å². The second-order valence-electron chi connectivity index (χ2n) is 7.46. The molecular weight excluding hydrogens is 377 g/mol. The molecule has 0 spiro atoms. The summed E-state index contributed by atoms with van der Waals surface area (Å²) < 4.78 is 19.7. The second-order valence-corrected chi connectivity index (χ2v) is 8.26. The third-order valence-electron chi connectivity index (χ3n) is 5.31. The lowest BCUT2D eigenvalue weighted by Gasteiger charge is -2.39. The predicted octanol–water partition coefficient (Wildman–Crippen LogP) is 3.94. The Bertz CT molecular complexity index is 1030. The molecule has 4 rings (SSSR count). The molecule has 5 nitrogen and oxygen atoms in total. The molecule has 1 amide bonds. The summed E-state index contributed by atoms with van der Waals surface area (Å²) in [6.45, 7) is 7.28. The van der Waals surface area contributed by atoms with Crippen molar-refractivity contribution in [2.45, 2.75) is 32.9 Å². The number of nitrogens with one attached hydrogen (secondary N) is 1. The zero-order valence-electron chi connectivity index (χ0n) is 16.0. The number of aromatic nitrogens is 1. The van der Waals surface area contributed by atoms with Crippen molar-refractivity contribution in [2.24, 2.45) is 0 Å². The molecule has 1 aliphatic rings. The number of halogens is 1. The van der Waals surface area contributed by atoms with Crippen LogP contribution in [0.25, 0.3) is 21.2 Å². The van der Waals surface area contributed by atoms with Crippen molar-refractivity contribution in [1.29, 1.82) is 0 Å². The second kappa shape index (κ2) is 7.14. The molecule has 0 radical (unpaired) electrons. The summed E-state index contributed by atoms with van der Waals surface area (Å²) in [5.74, 6) is -0.686. The maximum absolute atomic E-state index is 14.7. The Kier molecular flexibility index (Phi) is 4.81. The molecule has 7 heteroatoms. The minimum absolute atomic E-state index is 0.0607. The Labute approximate surface area is 167 Å². The number of amides is 1. The first kappa shape index (κ1) is 18.8. The van der Waals surface area contributed by atoms with Crippen LogP contribution in [-0.4, -0.2) is 45.5 Å². The Balaban J connectivity index is 1.88. The minimum atomic E-state index is -0.512. The van der Waals surface area contributed by atoms with Gasteiger partial charge in [0.25, 0.3) is 5.91 Å². The van der Waals surface area contributed by atoms with Gasteiger partial charge in [-0.15, -0.1) is 0 Å². The van der Waals surface area contributed by atoms with Crippen molar-refractivity contribution in [1.82, 2.24) is 14.6 Å². The van der Waals surface area contributed by atoms with Gasteiger partial charge in [-0.05, 0) is 61.6 Å². The van der Waals surface area contributed by atoms with Crippen LogP contribution in [0.1, 0.15) is 29.8 Å². The van der Waals surface area contributed by atoms with Crippen LogP contribution in [0.3, 0.4) is 0 Å². The highest BCUT2D eigenvalue weighted by atomic mass is 32.1. The van der Waals surface area contributed by atoms with Crippen LogP contribution >= 0.6 is 11.5 Å². The SMILES string of the molecule is Cc1cc(O)cc(F)c1-c1cc(C(=O)N2[C@H](C)CNC[C@@H]2C)c2sncc2c1. The van der Waals surface area contributed by atoms with Gasteiger partial charge in [0.2, 0.25) is 0 Å². The van der Waals surface area contributed by atoms with E-state index in [9.17, 15) is 14.3 Å². The zero-order valence-corrected chi connectivity index (χ0v) is 16.8. The summed E-state index contributed by atoms with van der Waals surface area (Å²) in [6.07, 6.45) is 1.71. The number of benzene rings is 2. The van der Waals surface area contributed by atoms with Crippen LogP contribution in [0.5, 0.6) is 5.75 Å². The number of hydrogen-bond acceptors (Lipinski definition) is 5. The molecule has 2 atom stereocenters. The summed E-state index contributed by atoms with van der Waals surface area (Å²) in [6, 6.07) is 6.36. The highest BCUT2D eigenvalue weighted by Gasteiger charge is 2.31. The highest BCUT2D eigenvalue weighted by molar-refractivity contribution is 7.13. The van der Waals surface area contributed by atoms with Crippen molar-refractivity contribution >= 4 is 27.5 Å². The Morgan fingerprint density at radius 2 is 1.96 bits per heavy atom. The maximum Gasteiger partial charge on any atom is 0.255 e. The van der Waals surface area contributed by atoms with Gasteiger partial charge in [-0.3, -0.25) is 4.79 Å². The third-order valence-corrected chi connectivity index (χ3v) is 6.16. The zero-order chi connectivity index (χ0) is 20.0. The molecule has 0 saturated carbocycles. The largest absolute Gasteiger partial charge is 0.508 e. The van der Waals surface area contributed by atoms with Crippen LogP contribution in [-0.2, 0) is 0 Å². The maximum atomic E-state index is 14.7. The van der Waals surface area contributed by atoms with Crippen LogP contribution in [0.4, 0.5) is 4.39 Å². The van der Waals surface area contributed by atoms with E-state index in [4.69, 9.17) is 0 Å². The van der Waals surface area contributed by atoms with Crippen LogP contribution in [0.2, 0.25) is 0 Å². The first-order valence-electron chi connectivity index (χ1n) is 9.28. The van der Waals surface area contributed by atoms with Gasteiger partial charge in [0, 0.05) is 48.4 Å².